The molecule has 3 rings (SSSR count). The third-order valence-corrected chi connectivity index (χ3v) is 5.07. The van der Waals surface area contributed by atoms with Gasteiger partial charge in [0.2, 0.25) is 6.29 Å². The standard InChI is InChI=1S/C17H26O9/c1-2-23-10-5-8(6-18)12-9(10)3-4-24-16(12)26-17-15(22)14(21)13(20)11(7-19)25-17/h3-5,9-22H,2,6-7H2,1H3/t9-,10+,11+,12+,13+,14-,15+,16-,17-/m0/s1. The van der Waals surface area contributed by atoms with Crippen molar-refractivity contribution in [2.45, 2.75) is 50.0 Å². The first kappa shape index (κ1) is 19.7. The zero-order chi connectivity index (χ0) is 18.8. The van der Waals surface area contributed by atoms with Gasteiger partial charge in [-0.25, -0.2) is 0 Å². The van der Waals surface area contributed by atoms with Gasteiger partial charge in [-0.1, -0.05) is 6.08 Å². The lowest BCUT2D eigenvalue weighted by atomic mass is 9.88. The minimum atomic E-state index is -1.53. The molecule has 3 aliphatic rings. The number of ether oxygens (including phenoxy) is 4. The molecule has 148 valence electrons. The van der Waals surface area contributed by atoms with E-state index >= 15 is 0 Å². The van der Waals surface area contributed by atoms with Gasteiger partial charge in [-0.15, -0.1) is 0 Å². The van der Waals surface area contributed by atoms with Crippen molar-refractivity contribution >= 4 is 0 Å². The van der Waals surface area contributed by atoms with Crippen molar-refractivity contribution in [3.05, 3.63) is 24.0 Å². The van der Waals surface area contributed by atoms with Crippen LogP contribution in [0.25, 0.3) is 0 Å². The highest BCUT2D eigenvalue weighted by atomic mass is 16.8. The van der Waals surface area contributed by atoms with Gasteiger partial charge in [-0.3, -0.25) is 0 Å². The van der Waals surface area contributed by atoms with Gasteiger partial charge in [0.1, 0.15) is 24.4 Å². The molecule has 0 spiro atoms. The molecule has 9 atom stereocenters. The van der Waals surface area contributed by atoms with E-state index < -0.39 is 43.6 Å². The molecule has 0 unspecified atom stereocenters. The topological polar surface area (TPSA) is 138 Å². The molecule has 9 heteroatoms. The first-order valence-corrected chi connectivity index (χ1v) is 8.73. The first-order valence-electron chi connectivity index (χ1n) is 8.73. The van der Waals surface area contributed by atoms with E-state index in [-0.39, 0.29) is 24.5 Å². The molecule has 0 bridgehead atoms. The maximum Gasteiger partial charge on any atom is 0.209 e. The lowest BCUT2D eigenvalue weighted by Gasteiger charge is -2.42. The molecule has 26 heavy (non-hydrogen) atoms. The predicted octanol–water partition coefficient (Wildman–Crippen LogP) is -1.76. The van der Waals surface area contributed by atoms with Crippen molar-refractivity contribution in [1.29, 1.82) is 0 Å². The summed E-state index contributed by atoms with van der Waals surface area (Å²) >= 11 is 0. The molecule has 0 radical (unpaired) electrons. The predicted molar refractivity (Wildman–Crippen MR) is 86.4 cm³/mol. The summed E-state index contributed by atoms with van der Waals surface area (Å²) in [6.45, 7) is 1.65. The van der Waals surface area contributed by atoms with Crippen LogP contribution >= 0.6 is 0 Å². The summed E-state index contributed by atoms with van der Waals surface area (Å²) in [7, 11) is 0. The van der Waals surface area contributed by atoms with E-state index in [1.165, 1.54) is 6.26 Å². The van der Waals surface area contributed by atoms with E-state index in [1.54, 1.807) is 0 Å². The Morgan fingerprint density at radius 2 is 1.85 bits per heavy atom. The van der Waals surface area contributed by atoms with Crippen molar-refractivity contribution in [3.8, 4) is 0 Å². The quantitative estimate of drug-likeness (QED) is 0.342. The summed E-state index contributed by atoms with van der Waals surface area (Å²) in [6.07, 6.45) is -2.89. The number of aliphatic hydroxyl groups excluding tert-OH is 5. The monoisotopic (exact) mass is 374 g/mol. The Hall–Kier alpha value is -1.04. The molecule has 5 N–H and O–H groups in total. The van der Waals surface area contributed by atoms with Gasteiger partial charge in [0.25, 0.3) is 0 Å². The van der Waals surface area contributed by atoms with Crippen LogP contribution in [-0.2, 0) is 18.9 Å². The number of hydrogen-bond acceptors (Lipinski definition) is 9. The first-order chi connectivity index (χ1) is 12.5. The second-order valence-electron chi connectivity index (χ2n) is 6.59. The van der Waals surface area contributed by atoms with Crippen LogP contribution in [0.3, 0.4) is 0 Å². The Labute approximate surface area is 151 Å². The molecular weight excluding hydrogens is 348 g/mol. The van der Waals surface area contributed by atoms with Gasteiger partial charge in [-0.2, -0.15) is 0 Å². The summed E-state index contributed by atoms with van der Waals surface area (Å²) in [4.78, 5) is 0. The molecule has 1 fully saturated rings. The molecular formula is C17H26O9. The summed E-state index contributed by atoms with van der Waals surface area (Å²) < 4.78 is 22.3. The minimum Gasteiger partial charge on any atom is -0.472 e. The highest BCUT2D eigenvalue weighted by molar-refractivity contribution is 5.26. The molecule has 0 amide bonds. The number of hydrogen-bond donors (Lipinski definition) is 5. The summed E-state index contributed by atoms with van der Waals surface area (Å²) in [6, 6.07) is 0. The van der Waals surface area contributed by atoms with Crippen LogP contribution in [-0.4, -0.2) is 88.5 Å². The molecule has 1 saturated heterocycles. The Morgan fingerprint density at radius 1 is 1.08 bits per heavy atom. The third-order valence-electron chi connectivity index (χ3n) is 5.07. The fraction of sp³-hybridized carbons (Fsp3) is 0.765. The molecule has 2 aliphatic heterocycles. The lowest BCUT2D eigenvalue weighted by molar-refractivity contribution is -0.339. The highest BCUT2D eigenvalue weighted by Gasteiger charge is 2.49. The fourth-order valence-corrected chi connectivity index (χ4v) is 3.71. The van der Waals surface area contributed by atoms with Gasteiger partial charge < -0.3 is 44.5 Å². The molecule has 2 heterocycles. The SMILES string of the molecule is CCO[C@@H]1C=C(CO)[C@H]2[C@H](O[C@@H]3O[C@H](CO)[C@@H](O)[C@H](O)[C@H]3O)OC=C[C@H]21. The smallest absolute Gasteiger partial charge is 0.209 e. The van der Waals surface area contributed by atoms with Crippen LogP contribution in [0, 0.1) is 11.8 Å². The van der Waals surface area contributed by atoms with Gasteiger partial charge in [-0.05, 0) is 18.6 Å². The van der Waals surface area contributed by atoms with Crippen molar-refractivity contribution in [3.63, 3.8) is 0 Å². The van der Waals surface area contributed by atoms with Crippen LogP contribution in [0.4, 0.5) is 0 Å². The van der Waals surface area contributed by atoms with Gasteiger partial charge in [0.15, 0.2) is 6.29 Å². The van der Waals surface area contributed by atoms with E-state index in [1.807, 2.05) is 19.1 Å². The second-order valence-corrected chi connectivity index (χ2v) is 6.59. The van der Waals surface area contributed by atoms with E-state index in [0.29, 0.717) is 12.2 Å². The van der Waals surface area contributed by atoms with E-state index in [2.05, 4.69) is 0 Å². The minimum absolute atomic E-state index is 0.110. The van der Waals surface area contributed by atoms with Gasteiger partial charge in [0, 0.05) is 12.5 Å². The largest absolute Gasteiger partial charge is 0.472 e. The molecule has 1 aliphatic carbocycles. The molecule has 0 aromatic rings. The van der Waals surface area contributed by atoms with Gasteiger partial charge >= 0.3 is 0 Å². The number of aliphatic hydroxyl groups is 5. The zero-order valence-electron chi connectivity index (χ0n) is 14.4. The summed E-state index contributed by atoms with van der Waals surface area (Å²) in [5.74, 6) is -0.463. The summed E-state index contributed by atoms with van der Waals surface area (Å²) in [5.41, 5.74) is 0.687. The van der Waals surface area contributed by atoms with E-state index in [9.17, 15) is 25.5 Å². The van der Waals surface area contributed by atoms with Crippen molar-refractivity contribution in [1.82, 2.24) is 0 Å². The van der Waals surface area contributed by atoms with Crippen LogP contribution in [0.15, 0.2) is 24.0 Å². The summed E-state index contributed by atoms with van der Waals surface area (Å²) in [5, 5.41) is 48.9. The van der Waals surface area contributed by atoms with Crippen LogP contribution in [0.1, 0.15) is 6.92 Å². The molecule has 0 aromatic carbocycles. The molecule has 0 aromatic heterocycles. The average Bonchev–Trinajstić information content (AvgIpc) is 3.01. The normalized spacial score (nSPS) is 45.2. The third kappa shape index (κ3) is 3.54. The maximum absolute atomic E-state index is 10.1. The Kier molecular flexibility index (Phi) is 6.31. The zero-order valence-corrected chi connectivity index (χ0v) is 14.4. The van der Waals surface area contributed by atoms with Crippen LogP contribution in [0.2, 0.25) is 0 Å². The maximum atomic E-state index is 10.1. The number of fused-ring (bicyclic) bond motifs is 1. The lowest BCUT2D eigenvalue weighted by Crippen LogP contribution is -2.60. The Morgan fingerprint density at radius 3 is 2.50 bits per heavy atom. The van der Waals surface area contributed by atoms with E-state index in [0.717, 1.165) is 0 Å². The molecule has 9 nitrogen and oxygen atoms in total. The van der Waals surface area contributed by atoms with Gasteiger partial charge in [0.05, 0.1) is 31.5 Å². The van der Waals surface area contributed by atoms with Crippen molar-refractivity contribution in [2.24, 2.45) is 11.8 Å². The van der Waals surface area contributed by atoms with Crippen molar-refractivity contribution < 1.29 is 44.5 Å². The Balaban J connectivity index is 1.75. The second kappa shape index (κ2) is 8.32. The average molecular weight is 374 g/mol. The van der Waals surface area contributed by atoms with Crippen LogP contribution < -0.4 is 0 Å². The highest BCUT2D eigenvalue weighted by Crippen LogP contribution is 2.42. The molecule has 0 saturated carbocycles. The fourth-order valence-electron chi connectivity index (χ4n) is 3.71. The van der Waals surface area contributed by atoms with Crippen molar-refractivity contribution in [2.75, 3.05) is 19.8 Å². The van der Waals surface area contributed by atoms with Crippen LogP contribution in [0.5, 0.6) is 0 Å². The Bertz CT molecular complexity index is 534. The van der Waals surface area contributed by atoms with E-state index in [4.69, 9.17) is 18.9 Å². The number of rotatable bonds is 6.